The predicted molar refractivity (Wildman–Crippen MR) is 124 cm³/mol. The van der Waals surface area contributed by atoms with Crippen LogP contribution < -0.4 is 21.1 Å². The molecule has 32 heavy (non-hydrogen) atoms. The van der Waals surface area contributed by atoms with Crippen LogP contribution in [0.2, 0.25) is 0 Å². The summed E-state index contributed by atoms with van der Waals surface area (Å²) in [5.41, 5.74) is 8.66. The van der Waals surface area contributed by atoms with Gasteiger partial charge in [0, 0.05) is 42.1 Å². The Hall–Kier alpha value is -4.01. The Bertz CT molecular complexity index is 1100. The molecule has 0 spiro atoms. The molecule has 2 aromatic rings. The molecular weight excluding hydrogens is 408 g/mol. The van der Waals surface area contributed by atoms with E-state index in [0.29, 0.717) is 11.4 Å². The van der Waals surface area contributed by atoms with Crippen molar-refractivity contribution in [1.29, 1.82) is 5.41 Å². The van der Waals surface area contributed by atoms with Crippen molar-refractivity contribution in [2.45, 2.75) is 19.8 Å². The van der Waals surface area contributed by atoms with E-state index in [0.717, 1.165) is 29.7 Å². The number of pyridine rings is 1. The standard InChI is InChI=1S/C23H26N6O3/c1-13-7-8-15(12-27-13)16-5-4-6-17(21(16)32-3)28-18(20(25)23(31)26-2)11-19(24)29-22(30)14-9-10-14/h4-8,11-12,14,25,28H,9-10H2,1-3H3,(H,26,31)(H2,24,29,30)/b18-11+,25-20?. The maximum Gasteiger partial charge on any atom is 0.271 e. The van der Waals surface area contributed by atoms with Crippen molar-refractivity contribution in [3.63, 3.8) is 0 Å². The number of aliphatic imine (C=N–C) groups is 1. The third-order valence-electron chi connectivity index (χ3n) is 4.89. The molecule has 1 aromatic carbocycles. The molecular formula is C23H26N6O3. The zero-order valence-electron chi connectivity index (χ0n) is 18.2. The molecule has 0 bridgehead atoms. The highest BCUT2D eigenvalue weighted by atomic mass is 16.5. The lowest BCUT2D eigenvalue weighted by molar-refractivity contribution is -0.119. The van der Waals surface area contributed by atoms with Crippen molar-refractivity contribution in [2.75, 3.05) is 19.5 Å². The van der Waals surface area contributed by atoms with Gasteiger partial charge in [0.1, 0.15) is 17.3 Å². The van der Waals surface area contributed by atoms with Crippen molar-refractivity contribution >= 4 is 29.0 Å². The van der Waals surface area contributed by atoms with Gasteiger partial charge in [0.25, 0.3) is 11.8 Å². The Labute approximate surface area is 186 Å². The number of ether oxygens (including phenoxy) is 1. The van der Waals surface area contributed by atoms with Gasteiger partial charge in [-0.15, -0.1) is 0 Å². The second-order valence-electron chi connectivity index (χ2n) is 7.36. The van der Waals surface area contributed by atoms with Crippen LogP contribution in [-0.4, -0.2) is 42.5 Å². The van der Waals surface area contributed by atoms with Crippen LogP contribution in [0.4, 0.5) is 5.69 Å². The van der Waals surface area contributed by atoms with E-state index >= 15 is 0 Å². The second kappa shape index (κ2) is 9.86. The molecule has 2 amide bonds. The van der Waals surface area contributed by atoms with Gasteiger partial charge in [0.15, 0.2) is 0 Å². The summed E-state index contributed by atoms with van der Waals surface area (Å²) in [7, 11) is 2.96. The molecule has 166 valence electrons. The molecule has 0 atom stereocenters. The topological polar surface area (TPSA) is 143 Å². The monoisotopic (exact) mass is 434 g/mol. The molecule has 1 heterocycles. The van der Waals surface area contributed by atoms with Gasteiger partial charge in [-0.05, 0) is 31.9 Å². The summed E-state index contributed by atoms with van der Waals surface area (Å²) in [5, 5.41) is 13.7. The number of nitrogens with two attached hydrogens (primary N) is 1. The maximum absolute atomic E-state index is 12.1. The summed E-state index contributed by atoms with van der Waals surface area (Å²) < 4.78 is 5.63. The van der Waals surface area contributed by atoms with Crippen LogP contribution in [-0.2, 0) is 9.59 Å². The Morgan fingerprint density at radius 3 is 2.62 bits per heavy atom. The first-order valence-electron chi connectivity index (χ1n) is 10.1. The maximum atomic E-state index is 12.1. The number of hydrogen-bond acceptors (Lipinski definition) is 6. The number of carbonyl (C=O) groups excluding carboxylic acids is 2. The van der Waals surface area contributed by atoms with Gasteiger partial charge in [0.05, 0.1) is 18.5 Å². The highest BCUT2D eigenvalue weighted by Crippen LogP contribution is 2.37. The van der Waals surface area contributed by atoms with Crippen LogP contribution in [0.1, 0.15) is 18.5 Å². The Morgan fingerprint density at radius 2 is 2.03 bits per heavy atom. The minimum atomic E-state index is -0.622. The smallest absolute Gasteiger partial charge is 0.271 e. The molecule has 1 aliphatic carbocycles. The number of amidine groups is 1. The summed E-state index contributed by atoms with van der Waals surface area (Å²) in [5.74, 6) is -0.593. The van der Waals surface area contributed by atoms with Gasteiger partial charge in [0.2, 0.25) is 0 Å². The lowest BCUT2D eigenvalue weighted by atomic mass is 10.0. The molecule has 1 fully saturated rings. The van der Waals surface area contributed by atoms with Crippen molar-refractivity contribution < 1.29 is 14.3 Å². The fourth-order valence-corrected chi connectivity index (χ4v) is 3.00. The first kappa shape index (κ1) is 22.7. The van der Waals surface area contributed by atoms with Crippen molar-refractivity contribution in [1.82, 2.24) is 10.3 Å². The van der Waals surface area contributed by atoms with Gasteiger partial charge in [-0.25, -0.2) is 0 Å². The molecule has 3 rings (SSSR count). The van der Waals surface area contributed by atoms with E-state index in [2.05, 4.69) is 20.6 Å². The van der Waals surface area contributed by atoms with E-state index in [1.54, 1.807) is 12.3 Å². The number of nitrogens with one attached hydrogen (secondary N) is 3. The van der Waals surface area contributed by atoms with Gasteiger partial charge in [-0.1, -0.05) is 18.2 Å². The fraction of sp³-hybridized carbons (Fsp3) is 0.261. The first-order valence-corrected chi connectivity index (χ1v) is 10.1. The van der Waals surface area contributed by atoms with E-state index in [1.165, 1.54) is 20.2 Å². The highest BCUT2D eigenvalue weighted by molar-refractivity contribution is 6.45. The number of rotatable bonds is 8. The van der Waals surface area contributed by atoms with Crippen LogP contribution in [0, 0.1) is 18.3 Å². The molecule has 9 heteroatoms. The first-order chi connectivity index (χ1) is 15.3. The van der Waals surface area contributed by atoms with Crippen LogP contribution in [0.3, 0.4) is 0 Å². The molecule has 0 aliphatic heterocycles. The summed E-state index contributed by atoms with van der Waals surface area (Å²) >= 11 is 0. The second-order valence-corrected chi connectivity index (χ2v) is 7.36. The molecule has 1 saturated carbocycles. The fourth-order valence-electron chi connectivity index (χ4n) is 3.00. The third kappa shape index (κ3) is 5.37. The summed E-state index contributed by atoms with van der Waals surface area (Å²) in [4.78, 5) is 32.3. The molecule has 0 unspecified atom stereocenters. The number of carbonyl (C=O) groups is 2. The van der Waals surface area contributed by atoms with Gasteiger partial charge < -0.3 is 21.1 Å². The largest absolute Gasteiger partial charge is 0.494 e. The van der Waals surface area contributed by atoms with E-state index in [9.17, 15) is 9.59 Å². The molecule has 1 aliphatic rings. The number of aryl methyl sites for hydroxylation is 1. The van der Waals surface area contributed by atoms with Crippen molar-refractivity contribution in [2.24, 2.45) is 16.6 Å². The Kier molecular flexibility index (Phi) is 6.99. The molecule has 0 saturated heterocycles. The van der Waals surface area contributed by atoms with Gasteiger partial charge >= 0.3 is 0 Å². The third-order valence-corrected chi connectivity index (χ3v) is 4.89. The number of para-hydroxylation sites is 1. The molecule has 1 aromatic heterocycles. The number of methoxy groups -OCH3 is 1. The van der Waals surface area contributed by atoms with E-state index < -0.39 is 5.91 Å². The molecule has 9 nitrogen and oxygen atoms in total. The van der Waals surface area contributed by atoms with E-state index in [1.807, 2.05) is 31.2 Å². The normalized spacial score (nSPS) is 14.0. The lowest BCUT2D eigenvalue weighted by Crippen LogP contribution is -2.31. The summed E-state index contributed by atoms with van der Waals surface area (Å²) in [6, 6.07) is 9.28. The Morgan fingerprint density at radius 1 is 1.28 bits per heavy atom. The highest BCUT2D eigenvalue weighted by Gasteiger charge is 2.29. The zero-order valence-corrected chi connectivity index (χ0v) is 18.2. The minimum absolute atomic E-state index is 0.0756. The van der Waals surface area contributed by atoms with E-state index in [-0.39, 0.29) is 29.1 Å². The van der Waals surface area contributed by atoms with E-state index in [4.69, 9.17) is 15.9 Å². The summed E-state index contributed by atoms with van der Waals surface area (Å²) in [6.45, 7) is 1.90. The van der Waals surface area contributed by atoms with Gasteiger partial charge in [-0.3, -0.25) is 20.0 Å². The number of hydrogen-bond donors (Lipinski definition) is 4. The zero-order chi connectivity index (χ0) is 23.3. The average molecular weight is 435 g/mol. The number of anilines is 1. The number of aromatic nitrogens is 1. The molecule has 5 N–H and O–H groups in total. The quantitative estimate of drug-likeness (QED) is 0.371. The van der Waals surface area contributed by atoms with Crippen molar-refractivity contribution in [3.05, 3.63) is 54.0 Å². The van der Waals surface area contributed by atoms with Gasteiger partial charge in [-0.2, -0.15) is 4.99 Å². The van der Waals surface area contributed by atoms with Crippen LogP contribution in [0.25, 0.3) is 11.1 Å². The number of nitrogens with zero attached hydrogens (tertiary/aromatic N) is 2. The SMILES string of the molecule is CNC(=O)C(=N)/C(=C\C(N)=NC(=O)C1CC1)Nc1cccc(-c2ccc(C)nc2)c1OC. The average Bonchev–Trinajstić information content (AvgIpc) is 3.63. The van der Waals surface area contributed by atoms with Crippen LogP contribution >= 0.6 is 0 Å². The number of amides is 2. The lowest BCUT2D eigenvalue weighted by Gasteiger charge is -2.17. The number of benzene rings is 1. The molecule has 0 radical (unpaired) electrons. The van der Waals surface area contributed by atoms with Crippen LogP contribution in [0.15, 0.2) is 53.3 Å². The minimum Gasteiger partial charge on any atom is -0.494 e. The Balaban J connectivity index is 2.00. The van der Waals surface area contributed by atoms with Crippen LogP contribution in [0.5, 0.6) is 5.75 Å². The predicted octanol–water partition coefficient (Wildman–Crippen LogP) is 2.42. The summed E-state index contributed by atoms with van der Waals surface area (Å²) in [6.07, 6.45) is 4.65. The van der Waals surface area contributed by atoms with Crippen molar-refractivity contribution in [3.8, 4) is 16.9 Å².